The monoisotopic (exact) mass is 333 g/mol. The molecule has 1 saturated heterocycles. The van der Waals surface area contributed by atoms with Gasteiger partial charge in [0.05, 0.1) is 11.8 Å². The van der Waals surface area contributed by atoms with Gasteiger partial charge in [0.25, 0.3) is 0 Å². The van der Waals surface area contributed by atoms with E-state index in [1.807, 2.05) is 44.2 Å². The lowest BCUT2D eigenvalue weighted by atomic mass is 9.65. The molecule has 0 N–H and O–H groups in total. The Morgan fingerprint density at radius 2 is 1.84 bits per heavy atom. The van der Waals surface area contributed by atoms with Crippen molar-refractivity contribution >= 4 is 11.8 Å². The van der Waals surface area contributed by atoms with Gasteiger partial charge in [0.1, 0.15) is 6.07 Å². The summed E-state index contributed by atoms with van der Waals surface area (Å²) >= 11 is 0. The summed E-state index contributed by atoms with van der Waals surface area (Å²) in [4.78, 5) is 24.0. The van der Waals surface area contributed by atoms with Crippen LogP contribution >= 0.6 is 0 Å². The normalized spacial score (nSPS) is 25.3. The van der Waals surface area contributed by atoms with Crippen LogP contribution in [0.15, 0.2) is 48.5 Å². The molecule has 0 aromatic heterocycles. The summed E-state index contributed by atoms with van der Waals surface area (Å²) < 4.78 is 5.62. The van der Waals surface area contributed by atoms with Crippen LogP contribution in [0.25, 0.3) is 0 Å². The minimum atomic E-state index is -1.43. The quantitative estimate of drug-likeness (QED) is 0.632. The second kappa shape index (κ2) is 5.86. The molecule has 1 aliphatic rings. The molecule has 1 fully saturated rings. The van der Waals surface area contributed by atoms with Crippen LogP contribution in [0.4, 0.5) is 0 Å². The molecule has 0 radical (unpaired) electrons. The topological polar surface area (TPSA) is 67.2 Å². The van der Waals surface area contributed by atoms with Crippen molar-refractivity contribution in [3.8, 4) is 6.07 Å². The number of hydrogen-bond acceptors (Lipinski definition) is 4. The Kier molecular flexibility index (Phi) is 3.96. The summed E-state index contributed by atoms with van der Waals surface area (Å²) in [6, 6.07) is 16.8. The highest BCUT2D eigenvalue weighted by atomic mass is 16.6. The van der Waals surface area contributed by atoms with Crippen molar-refractivity contribution in [2.45, 2.75) is 38.2 Å². The number of hydrogen-bond donors (Lipinski definition) is 0. The lowest BCUT2D eigenvalue weighted by Gasteiger charge is -2.36. The van der Waals surface area contributed by atoms with Crippen molar-refractivity contribution in [2.75, 3.05) is 0 Å². The maximum absolute atomic E-state index is 12.2. The van der Waals surface area contributed by atoms with Crippen molar-refractivity contribution < 1.29 is 14.3 Å². The summed E-state index contributed by atoms with van der Waals surface area (Å²) in [6.45, 7) is 5.28. The van der Waals surface area contributed by atoms with E-state index >= 15 is 0 Å². The van der Waals surface area contributed by atoms with Gasteiger partial charge in [0, 0.05) is 11.1 Å². The molecule has 4 nitrogen and oxygen atoms in total. The van der Waals surface area contributed by atoms with E-state index in [-0.39, 0.29) is 12.2 Å². The number of esters is 1. The van der Waals surface area contributed by atoms with Crippen LogP contribution in [0.3, 0.4) is 0 Å². The van der Waals surface area contributed by atoms with E-state index in [1.165, 1.54) is 6.92 Å². The number of carbonyl (C=O) groups is 2. The second-order valence-electron chi connectivity index (χ2n) is 6.78. The molecule has 126 valence electrons. The fourth-order valence-electron chi connectivity index (χ4n) is 3.57. The number of nitriles is 1. The minimum absolute atomic E-state index is 0.0613. The summed E-state index contributed by atoms with van der Waals surface area (Å²) in [5.74, 6) is -0.479. The van der Waals surface area contributed by atoms with Crippen molar-refractivity contribution in [3.63, 3.8) is 0 Å². The highest BCUT2D eigenvalue weighted by Gasteiger charge is 2.60. The third-order valence-corrected chi connectivity index (χ3v) is 5.03. The molecule has 1 heterocycles. The Morgan fingerprint density at radius 3 is 2.48 bits per heavy atom. The van der Waals surface area contributed by atoms with E-state index in [0.717, 1.165) is 11.1 Å². The third kappa shape index (κ3) is 2.53. The van der Waals surface area contributed by atoms with Gasteiger partial charge in [-0.05, 0) is 32.4 Å². The Hall–Kier alpha value is -2.93. The summed E-state index contributed by atoms with van der Waals surface area (Å²) in [5.41, 5.74) is 0.610. The molecule has 2 atom stereocenters. The third-order valence-electron chi connectivity index (χ3n) is 5.03. The van der Waals surface area contributed by atoms with Crippen molar-refractivity contribution in [1.29, 1.82) is 5.26 Å². The Bertz CT molecular complexity index is 911. The van der Waals surface area contributed by atoms with Gasteiger partial charge < -0.3 is 4.74 Å². The second-order valence-corrected chi connectivity index (χ2v) is 6.78. The van der Waals surface area contributed by atoms with Gasteiger partial charge in [-0.15, -0.1) is 0 Å². The number of carbonyl (C=O) groups excluding carboxylic acids is 2. The first-order valence-electron chi connectivity index (χ1n) is 8.14. The average Bonchev–Trinajstić information content (AvgIpc) is 2.87. The summed E-state index contributed by atoms with van der Waals surface area (Å²) in [6.07, 6.45) is 0.0792. The van der Waals surface area contributed by atoms with Crippen LogP contribution in [-0.2, 0) is 20.5 Å². The molecule has 0 amide bonds. The maximum Gasteiger partial charge on any atom is 0.308 e. The number of ketones is 1. The first-order chi connectivity index (χ1) is 11.8. The van der Waals surface area contributed by atoms with Crippen LogP contribution in [0, 0.1) is 18.3 Å². The van der Waals surface area contributed by atoms with Gasteiger partial charge in [0.15, 0.2) is 5.78 Å². The number of benzene rings is 2. The Balaban J connectivity index is 2.25. The van der Waals surface area contributed by atoms with Crippen LogP contribution in [0.1, 0.15) is 47.3 Å². The first kappa shape index (κ1) is 16.9. The molecule has 4 heteroatoms. The van der Waals surface area contributed by atoms with E-state index in [9.17, 15) is 14.9 Å². The molecule has 0 aliphatic carbocycles. The molecule has 1 aliphatic heterocycles. The van der Waals surface area contributed by atoms with E-state index in [4.69, 9.17) is 4.74 Å². The molecule has 2 aromatic rings. The highest BCUT2D eigenvalue weighted by Crippen LogP contribution is 2.52. The zero-order valence-electron chi connectivity index (χ0n) is 14.5. The van der Waals surface area contributed by atoms with Gasteiger partial charge in [-0.3, -0.25) is 9.59 Å². The molecular formula is C21H19NO3. The molecule has 25 heavy (non-hydrogen) atoms. The lowest BCUT2D eigenvalue weighted by Crippen LogP contribution is -2.43. The first-order valence-corrected chi connectivity index (χ1v) is 8.14. The predicted octanol–water partition coefficient (Wildman–Crippen LogP) is 3.82. The number of Topliss-reactive ketones (excluding diaryl/α,β-unsaturated/α-hetero) is 1. The van der Waals surface area contributed by atoms with Gasteiger partial charge >= 0.3 is 5.97 Å². The highest BCUT2D eigenvalue weighted by molar-refractivity contribution is 5.94. The summed E-state index contributed by atoms with van der Waals surface area (Å²) in [5, 5.41) is 10.1. The van der Waals surface area contributed by atoms with E-state index in [2.05, 4.69) is 6.07 Å². The molecule has 0 saturated carbocycles. The SMILES string of the molecule is CC(=O)c1cccc(C2(C)CC(=O)O[C@@]2(C#N)c2cccc(C)c2)c1. The zero-order valence-corrected chi connectivity index (χ0v) is 14.5. The largest absolute Gasteiger partial charge is 0.438 e. The van der Waals surface area contributed by atoms with Gasteiger partial charge in [-0.1, -0.05) is 48.0 Å². The predicted molar refractivity (Wildman–Crippen MR) is 93.0 cm³/mol. The van der Waals surface area contributed by atoms with Crippen LogP contribution < -0.4 is 0 Å². The van der Waals surface area contributed by atoms with E-state index in [1.54, 1.807) is 18.2 Å². The molecule has 3 rings (SSSR count). The van der Waals surface area contributed by atoms with Gasteiger partial charge in [-0.25, -0.2) is 0 Å². The van der Waals surface area contributed by atoms with Crippen molar-refractivity contribution in [3.05, 3.63) is 70.8 Å². The average molecular weight is 333 g/mol. The molecule has 0 spiro atoms. The van der Waals surface area contributed by atoms with Crippen molar-refractivity contribution in [1.82, 2.24) is 0 Å². The van der Waals surface area contributed by atoms with E-state index in [0.29, 0.717) is 11.1 Å². The molecular weight excluding hydrogens is 314 g/mol. The zero-order chi connectivity index (χ0) is 18.2. The van der Waals surface area contributed by atoms with Gasteiger partial charge in [-0.2, -0.15) is 5.26 Å². The molecule has 2 aromatic carbocycles. The Labute approximate surface area is 147 Å². The fourth-order valence-corrected chi connectivity index (χ4v) is 3.57. The standard InChI is InChI=1S/C21H19NO3/c1-14-6-4-9-18(10-14)21(13-22)20(3,12-19(24)25-21)17-8-5-7-16(11-17)15(2)23/h4-11H,12H2,1-3H3/t20?,21-/m0/s1. The lowest BCUT2D eigenvalue weighted by molar-refractivity contribution is -0.146. The Morgan fingerprint density at radius 1 is 1.16 bits per heavy atom. The van der Waals surface area contributed by atoms with Crippen LogP contribution in [0.5, 0.6) is 0 Å². The number of ether oxygens (including phenoxy) is 1. The van der Waals surface area contributed by atoms with Crippen molar-refractivity contribution in [2.24, 2.45) is 0 Å². The minimum Gasteiger partial charge on any atom is -0.438 e. The van der Waals surface area contributed by atoms with Crippen LogP contribution in [0.2, 0.25) is 0 Å². The molecule has 0 bridgehead atoms. The van der Waals surface area contributed by atoms with Crippen LogP contribution in [-0.4, -0.2) is 11.8 Å². The fraction of sp³-hybridized carbons (Fsp3) is 0.286. The number of aryl methyl sites for hydroxylation is 1. The number of rotatable bonds is 3. The number of cyclic esters (lactones) is 1. The van der Waals surface area contributed by atoms with E-state index < -0.39 is 17.0 Å². The number of nitrogens with zero attached hydrogens (tertiary/aromatic N) is 1. The maximum atomic E-state index is 12.2. The van der Waals surface area contributed by atoms with Gasteiger partial charge in [0.2, 0.25) is 5.60 Å². The molecule has 1 unspecified atom stereocenters. The summed E-state index contributed by atoms with van der Waals surface area (Å²) in [7, 11) is 0. The smallest absolute Gasteiger partial charge is 0.308 e.